The first-order valence-electron chi connectivity index (χ1n) is 6.98. The molecule has 0 fully saturated rings. The third-order valence-electron chi connectivity index (χ3n) is 2.64. The fourth-order valence-corrected chi connectivity index (χ4v) is 2.74. The first-order chi connectivity index (χ1) is 12.9. The molecule has 16 heteroatoms. The van der Waals surface area contributed by atoms with E-state index in [1.807, 2.05) is 0 Å². The summed E-state index contributed by atoms with van der Waals surface area (Å²) in [5, 5.41) is 16.7. The summed E-state index contributed by atoms with van der Waals surface area (Å²) in [6, 6.07) is 0. The second-order valence-electron chi connectivity index (χ2n) is 4.63. The average Bonchev–Trinajstić information content (AvgIpc) is 2.62. The van der Waals surface area contributed by atoms with Crippen LogP contribution in [-0.2, 0) is 9.68 Å². The zero-order valence-corrected chi connectivity index (χ0v) is 16.5. The summed E-state index contributed by atoms with van der Waals surface area (Å²) in [6.45, 7) is 3.03. The standard InChI is InChI=1S/C12H14F2N6O6S2/c1-7(27-19(5-15)11(23)25-17(3)9(13)21)8(2)28-20(6-16)12(24)26-18(4)10(14)22/h7-8H,1-4H3. The van der Waals surface area contributed by atoms with Crippen LogP contribution in [0.2, 0.25) is 0 Å². The van der Waals surface area contributed by atoms with Crippen molar-refractivity contribution in [3.05, 3.63) is 0 Å². The van der Waals surface area contributed by atoms with E-state index in [0.29, 0.717) is 32.5 Å². The Bertz CT molecular complexity index is 643. The quantitative estimate of drug-likeness (QED) is 0.156. The summed E-state index contributed by atoms with van der Waals surface area (Å²) in [4.78, 5) is 52.8. The Morgan fingerprint density at radius 1 is 0.821 bits per heavy atom. The zero-order chi connectivity index (χ0) is 22.0. The van der Waals surface area contributed by atoms with Gasteiger partial charge in [0.1, 0.15) is 0 Å². The van der Waals surface area contributed by atoms with Gasteiger partial charge in [0.15, 0.2) is 0 Å². The minimum absolute atomic E-state index is 0.0217. The van der Waals surface area contributed by atoms with Gasteiger partial charge >= 0.3 is 24.5 Å². The van der Waals surface area contributed by atoms with Gasteiger partial charge in [-0.3, -0.25) is 0 Å². The van der Waals surface area contributed by atoms with Crippen molar-refractivity contribution in [3.63, 3.8) is 0 Å². The van der Waals surface area contributed by atoms with Gasteiger partial charge in [-0.2, -0.15) is 19.1 Å². The molecular formula is C12H14F2N6O6S2. The van der Waals surface area contributed by atoms with E-state index in [9.17, 15) is 28.0 Å². The second kappa shape index (κ2) is 11.7. The number of carbonyl (C=O) groups is 4. The minimum Gasteiger partial charge on any atom is -0.315 e. The maximum atomic E-state index is 12.4. The molecule has 0 rings (SSSR count). The van der Waals surface area contributed by atoms with Crippen molar-refractivity contribution < 1.29 is 37.6 Å². The van der Waals surface area contributed by atoms with E-state index < -0.39 is 35.0 Å². The van der Waals surface area contributed by atoms with E-state index in [2.05, 4.69) is 9.68 Å². The van der Waals surface area contributed by atoms with Crippen molar-refractivity contribution in [2.24, 2.45) is 0 Å². The van der Waals surface area contributed by atoms with Crippen molar-refractivity contribution in [3.8, 4) is 12.4 Å². The normalized spacial score (nSPS) is 11.7. The molecule has 0 radical (unpaired) electrons. The van der Waals surface area contributed by atoms with Crippen molar-refractivity contribution >= 4 is 48.4 Å². The van der Waals surface area contributed by atoms with Crippen molar-refractivity contribution in [2.45, 2.75) is 24.3 Å². The van der Waals surface area contributed by atoms with Gasteiger partial charge in [0, 0.05) is 10.5 Å². The highest BCUT2D eigenvalue weighted by molar-refractivity contribution is 8.02. The summed E-state index contributed by atoms with van der Waals surface area (Å²) in [7, 11) is 1.63. The molecular weight excluding hydrogens is 426 g/mol. The van der Waals surface area contributed by atoms with Crippen LogP contribution in [0, 0.1) is 22.9 Å². The topological polar surface area (TPSA) is 147 Å². The Morgan fingerprint density at radius 3 is 1.32 bits per heavy atom. The maximum absolute atomic E-state index is 12.4. The lowest BCUT2D eigenvalue weighted by Gasteiger charge is -2.24. The number of hydrogen-bond acceptors (Lipinski definition) is 10. The number of rotatable bonds is 5. The summed E-state index contributed by atoms with van der Waals surface area (Å²) in [5.41, 5.74) is 0. The SMILES string of the molecule is CC(SN(C#N)C(=O)ON(C)C(=O)F)C(C)SN(C#N)C(=O)ON(C)C(=O)F. The highest BCUT2D eigenvalue weighted by Crippen LogP contribution is 2.29. The van der Waals surface area contributed by atoms with E-state index in [1.54, 1.807) is 0 Å². The lowest BCUT2D eigenvalue weighted by atomic mass is 10.4. The summed E-state index contributed by atoms with van der Waals surface area (Å²) < 4.78 is 25.6. The number of hydroxylamine groups is 4. The molecule has 0 aromatic heterocycles. The van der Waals surface area contributed by atoms with E-state index in [4.69, 9.17) is 10.5 Å². The molecule has 0 aliphatic carbocycles. The number of carbonyl (C=O) groups excluding carboxylic acids is 4. The van der Waals surface area contributed by atoms with Gasteiger partial charge in [-0.15, -0.1) is 18.9 Å². The van der Waals surface area contributed by atoms with Crippen LogP contribution in [0.1, 0.15) is 13.8 Å². The van der Waals surface area contributed by atoms with Gasteiger partial charge < -0.3 is 9.68 Å². The number of halogens is 2. The third kappa shape index (κ3) is 8.14. The molecule has 12 nitrogen and oxygen atoms in total. The fraction of sp³-hybridized carbons (Fsp3) is 0.500. The van der Waals surface area contributed by atoms with E-state index in [1.165, 1.54) is 26.2 Å². The lowest BCUT2D eigenvalue weighted by Crippen LogP contribution is -2.34. The van der Waals surface area contributed by atoms with Crippen LogP contribution in [0.5, 0.6) is 0 Å². The Hall–Kier alpha value is -2.98. The van der Waals surface area contributed by atoms with Gasteiger partial charge in [-0.05, 0) is 23.9 Å². The van der Waals surface area contributed by atoms with Crippen LogP contribution in [0.4, 0.5) is 28.0 Å². The van der Waals surface area contributed by atoms with Crippen molar-refractivity contribution in [1.29, 1.82) is 10.5 Å². The first-order valence-corrected chi connectivity index (χ1v) is 8.65. The molecule has 0 saturated carbocycles. The van der Waals surface area contributed by atoms with Gasteiger partial charge in [0.25, 0.3) is 0 Å². The highest BCUT2D eigenvalue weighted by atomic mass is 32.2. The molecule has 2 atom stereocenters. The number of amides is 4. The molecule has 0 N–H and O–H groups in total. The molecule has 2 unspecified atom stereocenters. The smallest absolute Gasteiger partial charge is 0.315 e. The van der Waals surface area contributed by atoms with Gasteiger partial charge in [0.2, 0.25) is 12.4 Å². The lowest BCUT2D eigenvalue weighted by molar-refractivity contribution is -0.0508. The molecule has 28 heavy (non-hydrogen) atoms. The molecule has 0 saturated heterocycles. The van der Waals surface area contributed by atoms with E-state index in [0.717, 1.165) is 14.1 Å². The molecule has 0 aromatic rings. The van der Waals surface area contributed by atoms with Crippen LogP contribution in [-0.4, -0.2) is 67.8 Å². The first kappa shape index (κ1) is 25.0. The predicted molar refractivity (Wildman–Crippen MR) is 90.5 cm³/mol. The maximum Gasteiger partial charge on any atom is 0.458 e. The summed E-state index contributed by atoms with van der Waals surface area (Å²) >= 11 is 1.20. The Kier molecular flexibility index (Phi) is 10.4. The Balaban J connectivity index is 4.88. The van der Waals surface area contributed by atoms with Crippen LogP contribution in [0.25, 0.3) is 0 Å². The minimum atomic E-state index is -2.06. The molecule has 0 aliphatic heterocycles. The van der Waals surface area contributed by atoms with Crippen molar-refractivity contribution in [2.75, 3.05) is 14.1 Å². The van der Waals surface area contributed by atoms with E-state index >= 15 is 0 Å². The zero-order valence-electron chi connectivity index (χ0n) is 14.9. The number of nitrogens with zero attached hydrogens (tertiary/aromatic N) is 6. The van der Waals surface area contributed by atoms with E-state index in [-0.39, 0.29) is 10.1 Å². The molecule has 154 valence electrons. The summed E-state index contributed by atoms with van der Waals surface area (Å²) in [5.74, 6) is 0. The van der Waals surface area contributed by atoms with Gasteiger partial charge in [-0.1, -0.05) is 13.8 Å². The van der Waals surface area contributed by atoms with Crippen LogP contribution < -0.4 is 0 Å². The average molecular weight is 440 g/mol. The molecule has 0 heterocycles. The fourth-order valence-electron chi connectivity index (χ4n) is 1.10. The van der Waals surface area contributed by atoms with Gasteiger partial charge in [-0.25, -0.2) is 19.2 Å². The van der Waals surface area contributed by atoms with Gasteiger partial charge in [0.05, 0.1) is 14.1 Å². The largest absolute Gasteiger partial charge is 0.458 e. The Labute approximate surface area is 166 Å². The highest BCUT2D eigenvalue weighted by Gasteiger charge is 2.29. The summed E-state index contributed by atoms with van der Waals surface area (Å²) in [6.07, 6.45) is -3.92. The predicted octanol–water partition coefficient (Wildman–Crippen LogP) is 2.77. The van der Waals surface area contributed by atoms with Crippen LogP contribution >= 0.6 is 23.9 Å². The second-order valence-corrected chi connectivity index (χ2v) is 7.26. The molecule has 4 amide bonds. The third-order valence-corrected chi connectivity index (χ3v) is 5.18. The molecule has 0 aliphatic rings. The molecule has 0 spiro atoms. The molecule has 0 bridgehead atoms. The number of hydrogen-bond donors (Lipinski definition) is 0. The monoisotopic (exact) mass is 440 g/mol. The van der Waals surface area contributed by atoms with Crippen LogP contribution in [0.3, 0.4) is 0 Å². The number of nitriles is 2. The molecule has 0 aromatic carbocycles. The van der Waals surface area contributed by atoms with Crippen molar-refractivity contribution in [1.82, 2.24) is 18.7 Å². The van der Waals surface area contributed by atoms with Crippen LogP contribution in [0.15, 0.2) is 0 Å². The Morgan fingerprint density at radius 2 is 1.11 bits per heavy atom.